The van der Waals surface area contributed by atoms with Crippen molar-refractivity contribution in [1.29, 1.82) is 0 Å². The summed E-state index contributed by atoms with van der Waals surface area (Å²) in [5.41, 5.74) is -1.11. The van der Waals surface area contributed by atoms with Crippen LogP contribution >= 0.6 is 11.6 Å². The Kier molecular flexibility index (Phi) is 4.78. The van der Waals surface area contributed by atoms with E-state index in [1.165, 1.54) is 6.07 Å². The van der Waals surface area contributed by atoms with Crippen molar-refractivity contribution in [1.82, 2.24) is 5.32 Å². The summed E-state index contributed by atoms with van der Waals surface area (Å²) in [4.78, 5) is 12.0. The molecule has 1 fully saturated rings. The van der Waals surface area contributed by atoms with Crippen molar-refractivity contribution in [3.63, 3.8) is 0 Å². The number of amides is 1. The molecule has 1 aromatic carbocycles. The summed E-state index contributed by atoms with van der Waals surface area (Å²) in [6.07, 6.45) is -2.29. The number of benzene rings is 1. The number of aliphatic hydroxyl groups is 1. The average Bonchev–Trinajstić information content (AvgIpc) is 3.21. The first-order valence-corrected chi connectivity index (χ1v) is 6.99. The van der Waals surface area contributed by atoms with Crippen LogP contribution in [0.3, 0.4) is 0 Å². The van der Waals surface area contributed by atoms with Crippen molar-refractivity contribution < 1.29 is 23.1 Å². The highest BCUT2D eigenvalue weighted by molar-refractivity contribution is 6.31. The van der Waals surface area contributed by atoms with Crippen molar-refractivity contribution in [3.05, 3.63) is 34.3 Å². The van der Waals surface area contributed by atoms with E-state index in [2.05, 4.69) is 5.32 Å². The topological polar surface area (TPSA) is 49.3 Å². The first-order valence-electron chi connectivity index (χ1n) is 6.61. The van der Waals surface area contributed by atoms with Crippen LogP contribution in [0.15, 0.2) is 18.2 Å². The Morgan fingerprint density at radius 2 is 2.10 bits per heavy atom. The second-order valence-corrected chi connectivity index (χ2v) is 5.53. The summed E-state index contributed by atoms with van der Waals surface area (Å²) in [5, 5.41) is 11.2. The third-order valence-electron chi connectivity index (χ3n) is 3.48. The Morgan fingerprint density at radius 1 is 1.43 bits per heavy atom. The molecule has 0 aromatic heterocycles. The van der Waals surface area contributed by atoms with Crippen molar-refractivity contribution in [3.8, 4) is 0 Å². The van der Waals surface area contributed by atoms with Crippen LogP contribution in [-0.2, 0) is 6.18 Å². The van der Waals surface area contributed by atoms with Crippen LogP contribution in [0.5, 0.6) is 0 Å². The third kappa shape index (κ3) is 4.11. The van der Waals surface area contributed by atoms with Gasteiger partial charge in [-0.1, -0.05) is 11.6 Å². The van der Waals surface area contributed by atoms with E-state index in [0.29, 0.717) is 12.3 Å². The number of aliphatic hydroxyl groups excluding tert-OH is 1. The lowest BCUT2D eigenvalue weighted by Gasteiger charge is -2.18. The monoisotopic (exact) mass is 321 g/mol. The van der Waals surface area contributed by atoms with Crippen LogP contribution in [0.4, 0.5) is 13.2 Å². The van der Waals surface area contributed by atoms with E-state index in [1.54, 1.807) is 0 Å². The first kappa shape index (κ1) is 16.1. The van der Waals surface area contributed by atoms with Gasteiger partial charge < -0.3 is 10.4 Å². The van der Waals surface area contributed by atoms with E-state index in [1.807, 2.05) is 0 Å². The van der Waals surface area contributed by atoms with Crippen LogP contribution < -0.4 is 5.32 Å². The molecule has 1 saturated carbocycles. The molecule has 21 heavy (non-hydrogen) atoms. The normalized spacial score (nSPS) is 16.6. The van der Waals surface area contributed by atoms with Gasteiger partial charge in [-0.3, -0.25) is 4.79 Å². The van der Waals surface area contributed by atoms with Gasteiger partial charge >= 0.3 is 6.18 Å². The highest BCUT2D eigenvalue weighted by Crippen LogP contribution is 2.36. The number of hydrogen-bond acceptors (Lipinski definition) is 2. The Labute approximate surface area is 125 Å². The summed E-state index contributed by atoms with van der Waals surface area (Å²) in [6, 6.07) is 2.88. The quantitative estimate of drug-likeness (QED) is 0.874. The minimum absolute atomic E-state index is 0.0735. The number of alkyl halides is 3. The summed E-state index contributed by atoms with van der Waals surface area (Å²) in [7, 11) is 0. The van der Waals surface area contributed by atoms with Gasteiger partial charge in [0.05, 0.1) is 10.6 Å². The molecular formula is C14H15ClF3NO2. The Balaban J connectivity index is 2.15. The maximum Gasteiger partial charge on any atom is 0.417 e. The molecule has 1 aliphatic carbocycles. The lowest BCUT2D eigenvalue weighted by Crippen LogP contribution is -2.37. The van der Waals surface area contributed by atoms with Gasteiger partial charge in [0.15, 0.2) is 0 Å². The molecule has 0 spiro atoms. The average molecular weight is 322 g/mol. The Bertz CT molecular complexity index is 529. The zero-order valence-electron chi connectivity index (χ0n) is 11.1. The van der Waals surface area contributed by atoms with E-state index in [0.717, 1.165) is 25.0 Å². The van der Waals surface area contributed by atoms with Gasteiger partial charge in [0.2, 0.25) is 0 Å². The molecule has 3 nitrogen and oxygen atoms in total. The van der Waals surface area contributed by atoms with Crippen LogP contribution in [0.25, 0.3) is 0 Å². The van der Waals surface area contributed by atoms with E-state index < -0.39 is 22.7 Å². The number of carbonyl (C=O) groups is 1. The second kappa shape index (κ2) is 6.23. The third-order valence-corrected chi connectivity index (χ3v) is 3.81. The molecule has 2 N–H and O–H groups in total. The first-order chi connectivity index (χ1) is 9.82. The molecule has 0 heterocycles. The SMILES string of the molecule is O=C(NC(CCO)C1CC1)c1ccc(Cl)c(C(F)(F)F)c1. The van der Waals surface area contributed by atoms with Crippen molar-refractivity contribution >= 4 is 17.5 Å². The highest BCUT2D eigenvalue weighted by Gasteiger charge is 2.35. The minimum atomic E-state index is -4.60. The predicted octanol–water partition coefficient (Wildman–Crippen LogP) is 3.25. The second-order valence-electron chi connectivity index (χ2n) is 5.12. The molecule has 7 heteroatoms. The number of rotatable bonds is 5. The molecule has 0 bridgehead atoms. The Morgan fingerprint density at radius 3 is 2.62 bits per heavy atom. The molecular weight excluding hydrogens is 307 g/mol. The minimum Gasteiger partial charge on any atom is -0.396 e. The lowest BCUT2D eigenvalue weighted by atomic mass is 10.1. The number of carbonyl (C=O) groups excluding carboxylic acids is 1. The Hall–Kier alpha value is -1.27. The molecule has 0 saturated heterocycles. The van der Waals surface area contributed by atoms with Crippen molar-refractivity contribution in [2.45, 2.75) is 31.5 Å². The van der Waals surface area contributed by atoms with Crippen molar-refractivity contribution in [2.75, 3.05) is 6.61 Å². The predicted molar refractivity (Wildman–Crippen MR) is 72.1 cm³/mol. The van der Waals surface area contributed by atoms with E-state index >= 15 is 0 Å². The van der Waals surface area contributed by atoms with Gasteiger partial charge in [0.1, 0.15) is 0 Å². The maximum absolute atomic E-state index is 12.8. The zero-order chi connectivity index (χ0) is 15.6. The smallest absolute Gasteiger partial charge is 0.396 e. The van der Waals surface area contributed by atoms with E-state index in [-0.39, 0.29) is 18.2 Å². The fraction of sp³-hybridized carbons (Fsp3) is 0.500. The summed E-state index contributed by atoms with van der Waals surface area (Å²) in [5.74, 6) is -0.280. The fourth-order valence-corrected chi connectivity index (χ4v) is 2.42. The van der Waals surface area contributed by atoms with E-state index in [4.69, 9.17) is 16.7 Å². The maximum atomic E-state index is 12.8. The van der Waals surface area contributed by atoms with Crippen LogP contribution in [0.1, 0.15) is 35.2 Å². The van der Waals surface area contributed by atoms with Gasteiger partial charge in [-0.15, -0.1) is 0 Å². The van der Waals surface area contributed by atoms with Crippen LogP contribution in [-0.4, -0.2) is 23.7 Å². The number of halogens is 4. The van der Waals surface area contributed by atoms with Crippen LogP contribution in [0.2, 0.25) is 5.02 Å². The summed E-state index contributed by atoms with van der Waals surface area (Å²) in [6.45, 7) is -0.0735. The molecule has 1 atom stereocenters. The summed E-state index contributed by atoms with van der Waals surface area (Å²) >= 11 is 5.52. The van der Waals surface area contributed by atoms with Gasteiger partial charge in [0, 0.05) is 18.2 Å². The molecule has 0 aliphatic heterocycles. The van der Waals surface area contributed by atoms with E-state index in [9.17, 15) is 18.0 Å². The molecule has 1 unspecified atom stereocenters. The standard InChI is InChI=1S/C14H15ClF3NO2/c15-11-4-3-9(7-10(11)14(16,17)18)13(21)19-12(5-6-20)8-1-2-8/h3-4,7-8,12,20H,1-2,5-6H2,(H,19,21). The zero-order valence-corrected chi connectivity index (χ0v) is 11.8. The van der Waals surface area contributed by atoms with Gasteiger partial charge in [-0.2, -0.15) is 13.2 Å². The van der Waals surface area contributed by atoms with Gasteiger partial charge in [-0.05, 0) is 43.4 Å². The molecule has 0 radical (unpaired) electrons. The molecule has 2 rings (SSSR count). The molecule has 1 aromatic rings. The van der Waals surface area contributed by atoms with Crippen molar-refractivity contribution in [2.24, 2.45) is 5.92 Å². The van der Waals surface area contributed by atoms with Crippen LogP contribution in [0, 0.1) is 5.92 Å². The number of nitrogens with one attached hydrogen (secondary N) is 1. The fourth-order valence-electron chi connectivity index (χ4n) is 2.20. The molecule has 116 valence electrons. The molecule has 1 amide bonds. The van der Waals surface area contributed by atoms with Gasteiger partial charge in [-0.25, -0.2) is 0 Å². The number of hydrogen-bond donors (Lipinski definition) is 2. The summed E-state index contributed by atoms with van der Waals surface area (Å²) < 4.78 is 38.3. The lowest BCUT2D eigenvalue weighted by molar-refractivity contribution is -0.137. The highest BCUT2D eigenvalue weighted by atomic mass is 35.5. The largest absolute Gasteiger partial charge is 0.417 e. The molecule has 1 aliphatic rings. The van der Waals surface area contributed by atoms with Gasteiger partial charge in [0.25, 0.3) is 5.91 Å².